The van der Waals surface area contributed by atoms with Gasteiger partial charge in [0.2, 0.25) is 5.91 Å². The predicted molar refractivity (Wildman–Crippen MR) is 74.7 cm³/mol. The molecule has 0 bridgehead atoms. The van der Waals surface area contributed by atoms with E-state index in [9.17, 15) is 4.79 Å². The quantitative estimate of drug-likeness (QED) is 0.884. The maximum absolute atomic E-state index is 12.2. The number of carbonyl (C=O) groups is 1. The van der Waals surface area contributed by atoms with Crippen LogP contribution >= 0.6 is 11.3 Å². The Bertz CT molecular complexity index is 380. The fraction of sp³-hybridized carbons (Fsp3) is 0.615. The van der Waals surface area contributed by atoms with E-state index in [4.69, 9.17) is 0 Å². The largest absolute Gasteiger partial charge is 0.340 e. The van der Waals surface area contributed by atoms with E-state index in [-0.39, 0.29) is 5.91 Å². The Hall–Kier alpha value is -0.910. The molecule has 100 valence electrons. The molecule has 0 spiro atoms. The molecule has 1 aliphatic rings. The molecule has 0 aliphatic carbocycles. The Morgan fingerprint density at radius 1 is 1.67 bits per heavy atom. The average molecular weight is 267 g/mol. The van der Waals surface area contributed by atoms with Crippen LogP contribution in [0.3, 0.4) is 0 Å². The second-order valence-corrected chi connectivity index (χ2v) is 5.89. The third-order valence-corrected chi connectivity index (χ3v) is 4.24. The minimum absolute atomic E-state index is 0.206. The molecule has 1 fully saturated rings. The van der Waals surface area contributed by atoms with Crippen molar-refractivity contribution in [3.8, 4) is 0 Å². The van der Waals surface area contributed by atoms with Crippen molar-refractivity contribution in [1.82, 2.24) is 15.1 Å². The number of hydrogen-bond donors (Lipinski definition) is 1. The first-order valence-electron chi connectivity index (χ1n) is 6.38. The zero-order valence-electron chi connectivity index (χ0n) is 11.1. The number of amides is 1. The molecule has 0 aromatic carbocycles. The molecule has 0 unspecified atom stereocenters. The zero-order valence-corrected chi connectivity index (χ0v) is 11.9. The van der Waals surface area contributed by atoms with Gasteiger partial charge in [0, 0.05) is 37.6 Å². The summed E-state index contributed by atoms with van der Waals surface area (Å²) < 4.78 is 0. The second kappa shape index (κ2) is 6.31. The van der Waals surface area contributed by atoms with Crippen molar-refractivity contribution >= 4 is 17.2 Å². The van der Waals surface area contributed by atoms with Gasteiger partial charge in [0.05, 0.1) is 13.1 Å². The monoisotopic (exact) mass is 267 g/mol. The van der Waals surface area contributed by atoms with Crippen LogP contribution in [-0.2, 0) is 11.3 Å². The van der Waals surface area contributed by atoms with Crippen LogP contribution < -0.4 is 5.32 Å². The summed E-state index contributed by atoms with van der Waals surface area (Å²) in [7, 11) is 1.88. The fourth-order valence-electron chi connectivity index (χ4n) is 2.14. The van der Waals surface area contributed by atoms with Crippen LogP contribution in [-0.4, -0.2) is 55.0 Å². The molecule has 18 heavy (non-hydrogen) atoms. The van der Waals surface area contributed by atoms with Gasteiger partial charge in [0.15, 0.2) is 0 Å². The molecule has 1 aromatic rings. The summed E-state index contributed by atoms with van der Waals surface area (Å²) in [6.45, 7) is 6.33. The van der Waals surface area contributed by atoms with Gasteiger partial charge >= 0.3 is 0 Å². The van der Waals surface area contributed by atoms with E-state index in [1.165, 1.54) is 4.88 Å². The van der Waals surface area contributed by atoms with Crippen molar-refractivity contribution in [3.63, 3.8) is 0 Å². The van der Waals surface area contributed by atoms with E-state index in [0.717, 1.165) is 26.2 Å². The average Bonchev–Trinajstić information content (AvgIpc) is 2.84. The van der Waals surface area contributed by atoms with E-state index < -0.39 is 0 Å². The fourth-order valence-corrected chi connectivity index (χ4v) is 2.89. The number of piperazine rings is 1. The third kappa shape index (κ3) is 3.54. The Balaban J connectivity index is 1.83. The molecule has 4 nitrogen and oxygen atoms in total. The number of hydrogen-bond acceptors (Lipinski definition) is 4. The minimum atomic E-state index is 0.206. The van der Waals surface area contributed by atoms with Gasteiger partial charge in [-0.3, -0.25) is 9.69 Å². The number of nitrogens with zero attached hydrogens (tertiary/aromatic N) is 2. The molecule has 2 rings (SSSR count). The second-order valence-electron chi connectivity index (χ2n) is 4.85. The highest BCUT2D eigenvalue weighted by atomic mass is 32.1. The van der Waals surface area contributed by atoms with Crippen LogP contribution in [0.25, 0.3) is 0 Å². The molecule has 1 aromatic heterocycles. The Morgan fingerprint density at radius 2 is 2.50 bits per heavy atom. The number of rotatable bonds is 4. The summed E-state index contributed by atoms with van der Waals surface area (Å²) in [5.74, 6) is 0.206. The summed E-state index contributed by atoms with van der Waals surface area (Å²) in [5, 5.41) is 5.39. The van der Waals surface area contributed by atoms with Gasteiger partial charge in [-0.25, -0.2) is 0 Å². The van der Waals surface area contributed by atoms with Gasteiger partial charge < -0.3 is 10.2 Å². The first kappa shape index (κ1) is 13.5. The predicted octanol–water partition coefficient (Wildman–Crippen LogP) is 1.00. The molecule has 0 radical (unpaired) electrons. The van der Waals surface area contributed by atoms with Crippen LogP contribution in [0.5, 0.6) is 0 Å². The van der Waals surface area contributed by atoms with Crippen LogP contribution in [0.4, 0.5) is 0 Å². The number of carbonyl (C=O) groups excluding carboxylic acids is 1. The molecule has 2 heterocycles. The zero-order chi connectivity index (χ0) is 13.0. The van der Waals surface area contributed by atoms with E-state index in [1.54, 1.807) is 11.3 Å². The van der Waals surface area contributed by atoms with E-state index in [2.05, 4.69) is 23.2 Å². The minimum Gasteiger partial charge on any atom is -0.340 e. The number of nitrogens with one attached hydrogen (secondary N) is 1. The smallest absolute Gasteiger partial charge is 0.236 e. The Kier molecular flexibility index (Phi) is 4.74. The Morgan fingerprint density at radius 3 is 3.17 bits per heavy atom. The summed E-state index contributed by atoms with van der Waals surface area (Å²) in [4.78, 5) is 17.5. The maximum atomic E-state index is 12.2. The van der Waals surface area contributed by atoms with Crippen LogP contribution in [0.2, 0.25) is 0 Å². The van der Waals surface area contributed by atoms with Crippen molar-refractivity contribution in [2.45, 2.75) is 19.5 Å². The van der Waals surface area contributed by atoms with E-state index in [1.807, 2.05) is 23.4 Å². The third-order valence-electron chi connectivity index (χ3n) is 3.38. The van der Waals surface area contributed by atoms with Crippen molar-refractivity contribution in [3.05, 3.63) is 22.4 Å². The summed E-state index contributed by atoms with van der Waals surface area (Å²) in [6.07, 6.45) is 0. The lowest BCUT2D eigenvalue weighted by Crippen LogP contribution is -2.52. The lowest BCUT2D eigenvalue weighted by atomic mass is 10.2. The molecular weight excluding hydrogens is 246 g/mol. The van der Waals surface area contributed by atoms with E-state index >= 15 is 0 Å². The summed E-state index contributed by atoms with van der Waals surface area (Å²) in [6, 6.07) is 4.54. The molecular formula is C13H21N3OS. The highest BCUT2D eigenvalue weighted by Crippen LogP contribution is 2.11. The van der Waals surface area contributed by atoms with Crippen LogP contribution in [0, 0.1) is 0 Å². The normalized spacial score (nSPS) is 20.9. The van der Waals surface area contributed by atoms with Crippen molar-refractivity contribution in [2.75, 3.05) is 33.2 Å². The van der Waals surface area contributed by atoms with Gasteiger partial charge in [-0.05, 0) is 18.4 Å². The maximum Gasteiger partial charge on any atom is 0.236 e. The molecule has 5 heteroatoms. The molecule has 1 atom stereocenters. The molecule has 1 amide bonds. The highest BCUT2D eigenvalue weighted by molar-refractivity contribution is 7.09. The topological polar surface area (TPSA) is 35.6 Å². The van der Waals surface area contributed by atoms with Crippen molar-refractivity contribution < 1.29 is 4.79 Å². The number of likely N-dealkylation sites (N-methyl/N-ethyl adjacent to an activating group) is 1. The highest BCUT2D eigenvalue weighted by Gasteiger charge is 2.21. The number of thiophene rings is 1. The molecule has 1 N–H and O–H groups in total. The van der Waals surface area contributed by atoms with Crippen LogP contribution in [0.15, 0.2) is 17.5 Å². The van der Waals surface area contributed by atoms with Crippen molar-refractivity contribution in [1.29, 1.82) is 0 Å². The molecule has 1 saturated heterocycles. The molecule has 0 saturated carbocycles. The summed E-state index contributed by atoms with van der Waals surface area (Å²) in [5.41, 5.74) is 0. The van der Waals surface area contributed by atoms with E-state index in [0.29, 0.717) is 12.6 Å². The Labute approximate surface area is 113 Å². The van der Waals surface area contributed by atoms with Gasteiger partial charge in [-0.15, -0.1) is 11.3 Å². The van der Waals surface area contributed by atoms with Gasteiger partial charge in [-0.1, -0.05) is 6.07 Å². The molecule has 1 aliphatic heterocycles. The lowest BCUT2D eigenvalue weighted by Gasteiger charge is -2.34. The van der Waals surface area contributed by atoms with Gasteiger partial charge in [0.1, 0.15) is 0 Å². The SMILES string of the molecule is C[C@H]1CNCCN1CC(=O)N(C)Cc1cccs1. The lowest BCUT2D eigenvalue weighted by molar-refractivity contribution is -0.132. The first-order chi connectivity index (χ1) is 8.66. The van der Waals surface area contributed by atoms with Crippen LogP contribution in [0.1, 0.15) is 11.8 Å². The van der Waals surface area contributed by atoms with Gasteiger partial charge in [-0.2, -0.15) is 0 Å². The van der Waals surface area contributed by atoms with Gasteiger partial charge in [0.25, 0.3) is 0 Å². The van der Waals surface area contributed by atoms with Crippen molar-refractivity contribution in [2.24, 2.45) is 0 Å². The summed E-state index contributed by atoms with van der Waals surface area (Å²) >= 11 is 1.70. The standard InChI is InChI=1S/C13H21N3OS/c1-11-8-14-5-6-16(11)10-13(17)15(2)9-12-4-3-7-18-12/h3-4,7,11,14H,5-6,8-10H2,1-2H3/t11-/m0/s1. The first-order valence-corrected chi connectivity index (χ1v) is 7.26.